The number of amides is 4. The Hall–Kier alpha value is -3.29. The van der Waals surface area contributed by atoms with Gasteiger partial charge in [-0.15, -0.1) is 0 Å². The maximum atomic E-state index is 12.8. The maximum absolute atomic E-state index is 12.8. The van der Waals surface area contributed by atoms with Crippen LogP contribution in [0.1, 0.15) is 49.1 Å². The zero-order valence-electron chi connectivity index (χ0n) is 17.5. The van der Waals surface area contributed by atoms with E-state index in [1.165, 1.54) is 19.1 Å². The molecule has 1 atom stereocenters. The van der Waals surface area contributed by atoms with E-state index in [1.54, 1.807) is 41.3 Å². The predicted molar refractivity (Wildman–Crippen MR) is 117 cm³/mol. The molecule has 3 heterocycles. The van der Waals surface area contributed by atoms with E-state index in [0.29, 0.717) is 24.3 Å². The van der Waals surface area contributed by atoms with E-state index in [0.717, 1.165) is 32.4 Å². The molecule has 0 spiro atoms. The molecule has 2 aliphatic rings. The molecule has 1 unspecified atom stereocenters. The van der Waals surface area contributed by atoms with Gasteiger partial charge in [-0.2, -0.15) is 0 Å². The summed E-state index contributed by atoms with van der Waals surface area (Å²) >= 11 is 0. The van der Waals surface area contributed by atoms with Gasteiger partial charge in [0.15, 0.2) is 5.76 Å². The van der Waals surface area contributed by atoms with Crippen LogP contribution in [0.25, 0.3) is 0 Å². The SMILES string of the molecule is O=C(Nc1ccc(NC(=O)N2CCCCCC2)cc1)C1CCCN1C(=O)c1ccco1. The zero-order valence-corrected chi connectivity index (χ0v) is 17.5. The Kier molecular flexibility index (Phi) is 6.54. The third-order valence-electron chi connectivity index (χ3n) is 5.85. The zero-order chi connectivity index (χ0) is 21.6. The number of carbonyl (C=O) groups is 3. The van der Waals surface area contributed by atoms with Crippen molar-refractivity contribution >= 4 is 29.2 Å². The quantitative estimate of drug-likeness (QED) is 0.777. The molecular formula is C23H28N4O4. The highest BCUT2D eigenvalue weighted by Gasteiger charge is 2.35. The van der Waals surface area contributed by atoms with Crippen molar-refractivity contribution < 1.29 is 18.8 Å². The first-order valence-corrected chi connectivity index (χ1v) is 10.9. The first-order valence-electron chi connectivity index (χ1n) is 10.9. The fourth-order valence-electron chi connectivity index (χ4n) is 4.16. The van der Waals surface area contributed by atoms with Crippen LogP contribution in [0, 0.1) is 0 Å². The molecule has 0 radical (unpaired) electrons. The Morgan fingerprint density at radius 2 is 1.52 bits per heavy atom. The first-order chi connectivity index (χ1) is 15.1. The van der Waals surface area contributed by atoms with E-state index in [1.807, 2.05) is 4.90 Å². The molecule has 4 rings (SSSR count). The molecular weight excluding hydrogens is 396 g/mol. The van der Waals surface area contributed by atoms with Crippen LogP contribution in [0.15, 0.2) is 47.1 Å². The van der Waals surface area contributed by atoms with Crippen LogP contribution < -0.4 is 10.6 Å². The lowest BCUT2D eigenvalue weighted by Gasteiger charge is -2.23. The molecule has 0 saturated carbocycles. The number of hydrogen-bond donors (Lipinski definition) is 2. The summed E-state index contributed by atoms with van der Waals surface area (Å²) in [5.41, 5.74) is 1.30. The van der Waals surface area contributed by atoms with Gasteiger partial charge in [0, 0.05) is 31.0 Å². The van der Waals surface area contributed by atoms with Gasteiger partial charge in [0.1, 0.15) is 6.04 Å². The second-order valence-corrected chi connectivity index (χ2v) is 8.03. The molecule has 164 valence electrons. The predicted octanol–water partition coefficient (Wildman–Crippen LogP) is 3.93. The molecule has 2 saturated heterocycles. The van der Waals surface area contributed by atoms with Crippen molar-refractivity contribution in [1.29, 1.82) is 0 Å². The van der Waals surface area contributed by atoms with Crippen molar-refractivity contribution in [2.24, 2.45) is 0 Å². The van der Waals surface area contributed by atoms with Gasteiger partial charge in [-0.1, -0.05) is 12.8 Å². The summed E-state index contributed by atoms with van der Waals surface area (Å²) in [6.07, 6.45) is 7.26. The van der Waals surface area contributed by atoms with Crippen LogP contribution >= 0.6 is 0 Å². The lowest BCUT2D eigenvalue weighted by atomic mass is 10.2. The number of nitrogens with one attached hydrogen (secondary N) is 2. The number of anilines is 2. The van der Waals surface area contributed by atoms with E-state index in [9.17, 15) is 14.4 Å². The summed E-state index contributed by atoms with van der Waals surface area (Å²) in [5, 5.41) is 5.80. The summed E-state index contributed by atoms with van der Waals surface area (Å²) in [6, 6.07) is 9.70. The van der Waals surface area contributed by atoms with Crippen molar-refractivity contribution in [3.63, 3.8) is 0 Å². The average Bonchev–Trinajstić information content (AvgIpc) is 3.42. The van der Waals surface area contributed by atoms with Gasteiger partial charge in [0.05, 0.1) is 6.26 Å². The van der Waals surface area contributed by atoms with E-state index in [4.69, 9.17) is 4.42 Å². The Bertz CT molecular complexity index is 902. The number of rotatable bonds is 4. The van der Waals surface area contributed by atoms with Crippen LogP contribution in [0.2, 0.25) is 0 Å². The minimum absolute atomic E-state index is 0.0864. The maximum Gasteiger partial charge on any atom is 0.321 e. The van der Waals surface area contributed by atoms with Crippen LogP contribution in [-0.2, 0) is 4.79 Å². The van der Waals surface area contributed by atoms with Gasteiger partial charge in [0.25, 0.3) is 5.91 Å². The molecule has 8 heteroatoms. The number of urea groups is 1. The number of nitrogens with zero attached hydrogens (tertiary/aromatic N) is 2. The Balaban J connectivity index is 1.33. The van der Waals surface area contributed by atoms with Crippen LogP contribution in [0.5, 0.6) is 0 Å². The van der Waals surface area contributed by atoms with Crippen LogP contribution in [-0.4, -0.2) is 53.3 Å². The summed E-state index contributed by atoms with van der Waals surface area (Å²) in [5.74, 6) is -0.253. The number of carbonyl (C=O) groups excluding carboxylic acids is 3. The number of hydrogen-bond acceptors (Lipinski definition) is 4. The average molecular weight is 425 g/mol. The molecule has 0 aliphatic carbocycles. The lowest BCUT2D eigenvalue weighted by Crippen LogP contribution is -2.43. The smallest absolute Gasteiger partial charge is 0.321 e. The molecule has 0 bridgehead atoms. The number of likely N-dealkylation sites (tertiary alicyclic amines) is 2. The molecule has 2 fully saturated rings. The van der Waals surface area contributed by atoms with Crippen molar-refractivity contribution in [1.82, 2.24) is 9.80 Å². The van der Waals surface area contributed by atoms with Gasteiger partial charge in [0.2, 0.25) is 5.91 Å². The monoisotopic (exact) mass is 424 g/mol. The Labute approximate surface area is 181 Å². The lowest BCUT2D eigenvalue weighted by molar-refractivity contribution is -0.119. The van der Waals surface area contributed by atoms with Crippen molar-refractivity contribution in [2.75, 3.05) is 30.3 Å². The number of benzene rings is 1. The van der Waals surface area contributed by atoms with E-state index >= 15 is 0 Å². The van der Waals surface area contributed by atoms with E-state index < -0.39 is 6.04 Å². The van der Waals surface area contributed by atoms with Gasteiger partial charge >= 0.3 is 6.03 Å². The minimum Gasteiger partial charge on any atom is -0.459 e. The Morgan fingerprint density at radius 3 is 2.16 bits per heavy atom. The van der Waals surface area contributed by atoms with E-state index in [-0.39, 0.29) is 23.6 Å². The topological polar surface area (TPSA) is 94.9 Å². The highest BCUT2D eigenvalue weighted by atomic mass is 16.3. The van der Waals surface area contributed by atoms with Crippen molar-refractivity contribution in [3.05, 3.63) is 48.4 Å². The summed E-state index contributed by atoms with van der Waals surface area (Å²) in [6.45, 7) is 2.10. The normalized spacial score (nSPS) is 19.0. The highest BCUT2D eigenvalue weighted by Crippen LogP contribution is 2.23. The van der Waals surface area contributed by atoms with E-state index in [2.05, 4.69) is 10.6 Å². The third kappa shape index (κ3) is 5.07. The largest absolute Gasteiger partial charge is 0.459 e. The molecule has 8 nitrogen and oxygen atoms in total. The van der Waals surface area contributed by atoms with Crippen molar-refractivity contribution in [3.8, 4) is 0 Å². The second kappa shape index (κ2) is 9.68. The summed E-state index contributed by atoms with van der Waals surface area (Å²) in [4.78, 5) is 41.2. The molecule has 2 aromatic rings. The third-order valence-corrected chi connectivity index (χ3v) is 5.85. The fourth-order valence-corrected chi connectivity index (χ4v) is 4.16. The Morgan fingerprint density at radius 1 is 0.839 bits per heavy atom. The minimum atomic E-state index is -0.528. The van der Waals surface area contributed by atoms with Gasteiger partial charge in [-0.3, -0.25) is 9.59 Å². The van der Waals surface area contributed by atoms with Gasteiger partial charge in [-0.25, -0.2) is 4.79 Å². The molecule has 1 aromatic heterocycles. The van der Waals surface area contributed by atoms with Gasteiger partial charge < -0.3 is 24.9 Å². The molecule has 2 N–H and O–H groups in total. The fraction of sp³-hybridized carbons (Fsp3) is 0.435. The van der Waals surface area contributed by atoms with Crippen LogP contribution in [0.3, 0.4) is 0 Å². The molecule has 4 amide bonds. The standard InChI is InChI=1S/C23H28N4O4/c28-21(19-7-5-15-27(19)22(29)20-8-6-16-31-20)24-17-9-11-18(12-10-17)25-23(30)26-13-3-1-2-4-14-26/h6,8-12,16,19H,1-5,7,13-15H2,(H,24,28)(H,25,30). The first kappa shape index (κ1) is 21.0. The molecule has 31 heavy (non-hydrogen) atoms. The number of furan rings is 1. The van der Waals surface area contributed by atoms with Crippen molar-refractivity contribution in [2.45, 2.75) is 44.6 Å². The summed E-state index contributed by atoms with van der Waals surface area (Å²) < 4.78 is 5.19. The van der Waals surface area contributed by atoms with Crippen LogP contribution in [0.4, 0.5) is 16.2 Å². The molecule has 1 aromatic carbocycles. The summed E-state index contributed by atoms with van der Waals surface area (Å²) in [7, 11) is 0. The van der Waals surface area contributed by atoms with Gasteiger partial charge in [-0.05, 0) is 62.1 Å². The highest BCUT2D eigenvalue weighted by molar-refractivity contribution is 6.00. The molecule has 2 aliphatic heterocycles. The second-order valence-electron chi connectivity index (χ2n) is 8.03.